The third-order valence-corrected chi connectivity index (χ3v) is 4.07. The van der Waals surface area contributed by atoms with Crippen LogP contribution in [0.2, 0.25) is 0 Å². The molecule has 1 aliphatic carbocycles. The van der Waals surface area contributed by atoms with Gasteiger partial charge < -0.3 is 15.0 Å². The second-order valence-electron chi connectivity index (χ2n) is 5.52. The molecule has 2 N–H and O–H groups in total. The summed E-state index contributed by atoms with van der Waals surface area (Å²) in [5.41, 5.74) is 5.56. The lowest BCUT2D eigenvalue weighted by atomic mass is 9.85. The van der Waals surface area contributed by atoms with Gasteiger partial charge in [-0.3, -0.25) is 0 Å². The molecule has 19 heavy (non-hydrogen) atoms. The number of ether oxygens (including phenoxy) is 1. The van der Waals surface area contributed by atoms with Crippen LogP contribution in [0.5, 0.6) is 0 Å². The van der Waals surface area contributed by atoms with E-state index < -0.39 is 0 Å². The van der Waals surface area contributed by atoms with Crippen molar-refractivity contribution in [2.75, 3.05) is 13.7 Å². The number of methoxy groups -OCH3 is 1. The van der Waals surface area contributed by atoms with E-state index in [2.05, 4.69) is 17.1 Å². The van der Waals surface area contributed by atoms with Gasteiger partial charge in [0.05, 0.1) is 0 Å². The molecule has 2 atom stereocenters. The highest BCUT2D eigenvalue weighted by molar-refractivity contribution is 4.98. The molecule has 2 unspecified atom stereocenters. The van der Waals surface area contributed by atoms with E-state index in [0.29, 0.717) is 24.2 Å². The molecule has 108 valence electrons. The van der Waals surface area contributed by atoms with Crippen LogP contribution in [0, 0.1) is 5.92 Å². The number of hydrogen-bond acceptors (Lipinski definition) is 5. The molecule has 1 aromatic heterocycles. The van der Waals surface area contributed by atoms with Crippen molar-refractivity contribution in [1.82, 2.24) is 10.1 Å². The third-order valence-electron chi connectivity index (χ3n) is 4.07. The van der Waals surface area contributed by atoms with Gasteiger partial charge in [-0.1, -0.05) is 31.3 Å². The highest BCUT2D eigenvalue weighted by Gasteiger charge is 2.29. The highest BCUT2D eigenvalue weighted by atomic mass is 16.5. The van der Waals surface area contributed by atoms with Gasteiger partial charge in [-0.05, 0) is 31.7 Å². The van der Waals surface area contributed by atoms with Gasteiger partial charge in [-0.15, -0.1) is 0 Å². The molecule has 2 rings (SSSR count). The van der Waals surface area contributed by atoms with Crippen molar-refractivity contribution in [3.8, 4) is 0 Å². The molecule has 1 aliphatic rings. The fourth-order valence-corrected chi connectivity index (χ4v) is 2.88. The number of hydrogen-bond donors (Lipinski definition) is 1. The number of nitrogens with zero attached hydrogens (tertiary/aromatic N) is 2. The second kappa shape index (κ2) is 7.01. The molecule has 5 nitrogen and oxygen atoms in total. The van der Waals surface area contributed by atoms with Crippen molar-refractivity contribution in [2.45, 2.75) is 57.5 Å². The Hall–Kier alpha value is -0.940. The maximum Gasteiger partial charge on any atom is 0.229 e. The smallest absolute Gasteiger partial charge is 0.229 e. The zero-order valence-electron chi connectivity index (χ0n) is 12.0. The Labute approximate surface area is 114 Å². The van der Waals surface area contributed by atoms with E-state index in [-0.39, 0.29) is 12.0 Å². The lowest BCUT2D eigenvalue weighted by molar-refractivity contribution is 0.0273. The molecule has 0 saturated heterocycles. The summed E-state index contributed by atoms with van der Waals surface area (Å²) in [7, 11) is 1.73. The Bertz CT molecular complexity index is 375. The fraction of sp³-hybridized carbons (Fsp3) is 0.857. The molecule has 0 amide bonds. The summed E-state index contributed by atoms with van der Waals surface area (Å²) in [6.45, 7) is 2.70. The van der Waals surface area contributed by atoms with Gasteiger partial charge >= 0.3 is 0 Å². The molecule has 0 spiro atoms. The molecule has 0 bridgehead atoms. The molecule has 0 aliphatic heterocycles. The SMILES string of the molecule is COC(c1noc(C(C)CCN)n1)C1CCCCC1. The van der Waals surface area contributed by atoms with Crippen LogP contribution in [0.4, 0.5) is 0 Å². The maximum atomic E-state index is 5.62. The van der Waals surface area contributed by atoms with E-state index in [1.54, 1.807) is 7.11 Å². The van der Waals surface area contributed by atoms with E-state index in [1.807, 2.05) is 0 Å². The van der Waals surface area contributed by atoms with Crippen LogP contribution in [0.3, 0.4) is 0 Å². The minimum Gasteiger partial charge on any atom is -0.373 e. The first-order chi connectivity index (χ1) is 9.26. The Balaban J connectivity index is 2.06. The number of rotatable bonds is 6. The standard InChI is InChI=1S/C14H25N3O2/c1-10(8-9-15)14-16-13(17-19-14)12(18-2)11-6-4-3-5-7-11/h10-12H,3-9,15H2,1-2H3. The van der Waals surface area contributed by atoms with Crippen molar-refractivity contribution in [3.05, 3.63) is 11.7 Å². The Morgan fingerprint density at radius 1 is 1.37 bits per heavy atom. The zero-order valence-corrected chi connectivity index (χ0v) is 12.0. The first-order valence-corrected chi connectivity index (χ1v) is 7.32. The van der Waals surface area contributed by atoms with E-state index in [0.717, 1.165) is 6.42 Å². The topological polar surface area (TPSA) is 74.2 Å². The summed E-state index contributed by atoms with van der Waals surface area (Å²) in [5, 5.41) is 4.11. The predicted molar refractivity (Wildman–Crippen MR) is 72.7 cm³/mol. The average Bonchev–Trinajstić information content (AvgIpc) is 2.91. The van der Waals surface area contributed by atoms with Gasteiger partial charge in [0.25, 0.3) is 0 Å². The van der Waals surface area contributed by atoms with Gasteiger partial charge in [-0.25, -0.2) is 0 Å². The van der Waals surface area contributed by atoms with Crippen LogP contribution in [0.15, 0.2) is 4.52 Å². The largest absolute Gasteiger partial charge is 0.373 e. The van der Waals surface area contributed by atoms with Crippen molar-refractivity contribution >= 4 is 0 Å². The van der Waals surface area contributed by atoms with Crippen molar-refractivity contribution in [2.24, 2.45) is 11.7 Å². The minimum absolute atomic E-state index is 0.0251. The van der Waals surface area contributed by atoms with Crippen LogP contribution in [-0.2, 0) is 4.74 Å². The second-order valence-corrected chi connectivity index (χ2v) is 5.52. The average molecular weight is 267 g/mol. The minimum atomic E-state index is -0.0251. The lowest BCUT2D eigenvalue weighted by Crippen LogP contribution is -2.19. The predicted octanol–water partition coefficient (Wildman–Crippen LogP) is 2.79. The molecule has 0 aromatic carbocycles. The van der Waals surface area contributed by atoms with Crippen LogP contribution in [0.1, 0.15) is 69.2 Å². The molecule has 1 saturated carbocycles. The summed E-state index contributed by atoms with van der Waals surface area (Å²) in [6, 6.07) is 0. The molecule has 1 aromatic rings. The summed E-state index contributed by atoms with van der Waals surface area (Å²) >= 11 is 0. The Morgan fingerprint density at radius 2 is 2.11 bits per heavy atom. The number of aromatic nitrogens is 2. The van der Waals surface area contributed by atoms with Crippen molar-refractivity contribution in [3.63, 3.8) is 0 Å². The molecule has 1 heterocycles. The highest BCUT2D eigenvalue weighted by Crippen LogP contribution is 2.35. The van der Waals surface area contributed by atoms with Gasteiger partial charge in [0.2, 0.25) is 11.7 Å². The molecule has 0 radical (unpaired) electrons. The van der Waals surface area contributed by atoms with Crippen LogP contribution >= 0.6 is 0 Å². The Morgan fingerprint density at radius 3 is 2.74 bits per heavy atom. The first kappa shape index (κ1) is 14.5. The van der Waals surface area contributed by atoms with E-state index in [9.17, 15) is 0 Å². The summed E-state index contributed by atoms with van der Waals surface area (Å²) < 4.78 is 11.0. The van der Waals surface area contributed by atoms with Gasteiger partial charge in [0.15, 0.2) is 0 Å². The molecular weight excluding hydrogens is 242 g/mol. The van der Waals surface area contributed by atoms with Crippen LogP contribution in [0.25, 0.3) is 0 Å². The third kappa shape index (κ3) is 3.54. The summed E-state index contributed by atoms with van der Waals surface area (Å²) in [6.07, 6.45) is 7.11. The normalized spacial score (nSPS) is 20.4. The Kier molecular flexibility index (Phi) is 5.34. The first-order valence-electron chi connectivity index (χ1n) is 7.32. The zero-order chi connectivity index (χ0) is 13.7. The van der Waals surface area contributed by atoms with Gasteiger partial charge in [0.1, 0.15) is 6.10 Å². The van der Waals surface area contributed by atoms with Crippen LogP contribution in [-0.4, -0.2) is 23.8 Å². The molecule has 1 fully saturated rings. The lowest BCUT2D eigenvalue weighted by Gasteiger charge is -2.26. The summed E-state index contributed by atoms with van der Waals surface area (Å²) in [5.74, 6) is 2.12. The summed E-state index contributed by atoms with van der Waals surface area (Å²) in [4.78, 5) is 4.52. The molecule has 5 heteroatoms. The molecular formula is C14H25N3O2. The van der Waals surface area contributed by atoms with Gasteiger partial charge in [0, 0.05) is 13.0 Å². The number of nitrogens with two attached hydrogens (primary N) is 1. The maximum absolute atomic E-state index is 5.62. The fourth-order valence-electron chi connectivity index (χ4n) is 2.88. The van der Waals surface area contributed by atoms with Crippen LogP contribution < -0.4 is 5.73 Å². The van der Waals surface area contributed by atoms with Crippen molar-refractivity contribution in [1.29, 1.82) is 0 Å². The van der Waals surface area contributed by atoms with Gasteiger partial charge in [-0.2, -0.15) is 4.98 Å². The monoisotopic (exact) mass is 267 g/mol. The van der Waals surface area contributed by atoms with E-state index in [4.69, 9.17) is 15.0 Å². The van der Waals surface area contributed by atoms with E-state index >= 15 is 0 Å². The quantitative estimate of drug-likeness (QED) is 0.857. The van der Waals surface area contributed by atoms with E-state index in [1.165, 1.54) is 32.1 Å². The van der Waals surface area contributed by atoms with Crippen molar-refractivity contribution < 1.29 is 9.26 Å².